The lowest BCUT2D eigenvalue weighted by Crippen LogP contribution is -2.49. The summed E-state index contributed by atoms with van der Waals surface area (Å²) >= 11 is 0. The molecule has 19 heavy (non-hydrogen) atoms. The Balaban J connectivity index is 2.50. The Bertz CT molecular complexity index is 442. The molecule has 0 spiro atoms. The number of aliphatic hydroxyl groups excluding tert-OH is 1. The standard InChI is InChI=1S/C16H25NO2/c1-5-19-14-8-6-7-13-15(14)12(2)11-16(3,4)17(13)9-10-18/h6-8,12,18H,5,9-11H2,1-4H3. The van der Waals surface area contributed by atoms with Gasteiger partial charge >= 0.3 is 0 Å². The molecule has 1 aliphatic heterocycles. The first kappa shape index (κ1) is 14.2. The van der Waals surface area contributed by atoms with Gasteiger partial charge in [0.25, 0.3) is 0 Å². The minimum atomic E-state index is 0.0694. The van der Waals surface area contributed by atoms with E-state index in [0.717, 1.165) is 12.2 Å². The molecule has 2 rings (SSSR count). The molecule has 0 saturated carbocycles. The van der Waals surface area contributed by atoms with Gasteiger partial charge in [-0.1, -0.05) is 13.0 Å². The maximum Gasteiger partial charge on any atom is 0.124 e. The summed E-state index contributed by atoms with van der Waals surface area (Å²) in [5.74, 6) is 1.47. The molecule has 1 unspecified atom stereocenters. The van der Waals surface area contributed by atoms with E-state index in [1.165, 1.54) is 11.3 Å². The highest BCUT2D eigenvalue weighted by Crippen LogP contribution is 2.46. The first-order valence-corrected chi connectivity index (χ1v) is 7.15. The highest BCUT2D eigenvalue weighted by molar-refractivity contribution is 5.64. The van der Waals surface area contributed by atoms with E-state index in [4.69, 9.17) is 4.74 Å². The number of β-amino-alcohol motifs (C(OH)–C–C–N with tert-alkyl or cyclic N) is 1. The summed E-state index contributed by atoms with van der Waals surface area (Å²) in [5, 5.41) is 9.34. The quantitative estimate of drug-likeness (QED) is 0.905. The molecule has 0 amide bonds. The molecule has 1 atom stereocenters. The molecule has 3 nitrogen and oxygen atoms in total. The highest BCUT2D eigenvalue weighted by Gasteiger charge is 2.37. The van der Waals surface area contributed by atoms with Crippen molar-refractivity contribution in [2.75, 3.05) is 24.7 Å². The number of rotatable bonds is 4. The average Bonchev–Trinajstić information content (AvgIpc) is 2.34. The fourth-order valence-electron chi connectivity index (χ4n) is 3.36. The van der Waals surface area contributed by atoms with Crippen molar-refractivity contribution in [3.63, 3.8) is 0 Å². The van der Waals surface area contributed by atoms with Crippen molar-refractivity contribution in [1.29, 1.82) is 0 Å². The number of hydrogen-bond acceptors (Lipinski definition) is 3. The third kappa shape index (κ3) is 2.57. The normalized spacial score (nSPS) is 21.1. The van der Waals surface area contributed by atoms with E-state index in [-0.39, 0.29) is 12.1 Å². The van der Waals surface area contributed by atoms with E-state index < -0.39 is 0 Å². The van der Waals surface area contributed by atoms with Crippen molar-refractivity contribution in [3.05, 3.63) is 23.8 Å². The Morgan fingerprint density at radius 3 is 2.79 bits per heavy atom. The van der Waals surface area contributed by atoms with Crippen LogP contribution in [0.25, 0.3) is 0 Å². The largest absolute Gasteiger partial charge is 0.494 e. The van der Waals surface area contributed by atoms with Gasteiger partial charge in [0.2, 0.25) is 0 Å². The van der Waals surface area contributed by atoms with E-state index in [0.29, 0.717) is 19.1 Å². The molecule has 0 bridgehead atoms. The van der Waals surface area contributed by atoms with Crippen LogP contribution in [0.3, 0.4) is 0 Å². The van der Waals surface area contributed by atoms with Gasteiger partial charge in [0.1, 0.15) is 5.75 Å². The molecule has 1 N–H and O–H groups in total. The van der Waals surface area contributed by atoms with Gasteiger partial charge < -0.3 is 14.7 Å². The van der Waals surface area contributed by atoms with Crippen LogP contribution in [0, 0.1) is 0 Å². The van der Waals surface area contributed by atoms with E-state index >= 15 is 0 Å². The minimum Gasteiger partial charge on any atom is -0.494 e. The molecule has 0 radical (unpaired) electrons. The van der Waals surface area contributed by atoms with Crippen LogP contribution in [-0.4, -0.2) is 30.4 Å². The highest BCUT2D eigenvalue weighted by atomic mass is 16.5. The fourth-order valence-corrected chi connectivity index (χ4v) is 3.36. The Kier molecular flexibility index (Phi) is 4.04. The summed E-state index contributed by atoms with van der Waals surface area (Å²) in [5.41, 5.74) is 2.57. The van der Waals surface area contributed by atoms with E-state index in [2.05, 4.69) is 31.7 Å². The number of aliphatic hydroxyl groups is 1. The van der Waals surface area contributed by atoms with Gasteiger partial charge in [0.05, 0.1) is 13.2 Å². The first-order chi connectivity index (χ1) is 9.01. The van der Waals surface area contributed by atoms with E-state index in [1.54, 1.807) is 0 Å². The zero-order chi connectivity index (χ0) is 14.0. The molecule has 0 aromatic heterocycles. The van der Waals surface area contributed by atoms with Crippen LogP contribution in [0.5, 0.6) is 5.75 Å². The Morgan fingerprint density at radius 2 is 2.16 bits per heavy atom. The lowest BCUT2D eigenvalue weighted by atomic mass is 9.79. The maximum atomic E-state index is 9.34. The number of benzene rings is 1. The lowest BCUT2D eigenvalue weighted by Gasteiger charge is -2.47. The van der Waals surface area contributed by atoms with Gasteiger partial charge in [-0.15, -0.1) is 0 Å². The zero-order valence-corrected chi connectivity index (χ0v) is 12.4. The summed E-state index contributed by atoms with van der Waals surface area (Å²) in [6.07, 6.45) is 1.07. The van der Waals surface area contributed by atoms with Crippen LogP contribution >= 0.6 is 0 Å². The molecule has 1 aromatic carbocycles. The summed E-state index contributed by atoms with van der Waals surface area (Å²) in [4.78, 5) is 2.31. The van der Waals surface area contributed by atoms with Crippen LogP contribution in [-0.2, 0) is 0 Å². The summed E-state index contributed by atoms with van der Waals surface area (Å²) in [7, 11) is 0. The SMILES string of the molecule is CCOc1cccc2c1C(C)CC(C)(C)N2CCO. The predicted molar refractivity (Wildman–Crippen MR) is 79.2 cm³/mol. The average molecular weight is 263 g/mol. The molecule has 1 heterocycles. The monoisotopic (exact) mass is 263 g/mol. The van der Waals surface area contributed by atoms with Gasteiger partial charge in [-0.3, -0.25) is 0 Å². The van der Waals surface area contributed by atoms with Crippen molar-refractivity contribution in [3.8, 4) is 5.75 Å². The van der Waals surface area contributed by atoms with Crippen molar-refractivity contribution in [2.24, 2.45) is 0 Å². The second kappa shape index (κ2) is 5.41. The van der Waals surface area contributed by atoms with Gasteiger partial charge in [-0.2, -0.15) is 0 Å². The molecule has 0 aliphatic carbocycles. The van der Waals surface area contributed by atoms with Gasteiger partial charge in [-0.25, -0.2) is 0 Å². The molecule has 1 aromatic rings. The second-order valence-corrected chi connectivity index (χ2v) is 5.91. The van der Waals surface area contributed by atoms with Crippen LogP contribution in [0.2, 0.25) is 0 Å². The second-order valence-electron chi connectivity index (χ2n) is 5.91. The van der Waals surface area contributed by atoms with Crippen molar-refractivity contribution in [1.82, 2.24) is 0 Å². The molecular weight excluding hydrogens is 238 g/mol. The van der Waals surface area contributed by atoms with Crippen LogP contribution in [0.1, 0.15) is 45.6 Å². The molecular formula is C16H25NO2. The van der Waals surface area contributed by atoms with Crippen molar-refractivity contribution >= 4 is 5.69 Å². The number of hydrogen-bond donors (Lipinski definition) is 1. The summed E-state index contributed by atoms with van der Waals surface area (Å²) in [6, 6.07) is 6.24. The van der Waals surface area contributed by atoms with Gasteiger partial charge in [0, 0.05) is 23.3 Å². The lowest BCUT2D eigenvalue weighted by molar-refractivity contribution is 0.274. The number of ether oxygens (including phenoxy) is 1. The molecule has 1 aliphatic rings. The van der Waals surface area contributed by atoms with E-state index in [9.17, 15) is 5.11 Å². The molecule has 0 fully saturated rings. The number of fused-ring (bicyclic) bond motifs is 1. The molecule has 3 heteroatoms. The first-order valence-electron chi connectivity index (χ1n) is 7.15. The Morgan fingerprint density at radius 1 is 1.42 bits per heavy atom. The molecule has 106 valence electrons. The predicted octanol–water partition coefficient (Wildman–Crippen LogP) is 3.17. The summed E-state index contributed by atoms with van der Waals surface area (Å²) < 4.78 is 5.78. The number of anilines is 1. The number of nitrogens with zero attached hydrogens (tertiary/aromatic N) is 1. The molecule has 0 saturated heterocycles. The maximum absolute atomic E-state index is 9.34. The van der Waals surface area contributed by atoms with Crippen LogP contribution in [0.15, 0.2) is 18.2 Å². The summed E-state index contributed by atoms with van der Waals surface area (Å²) in [6.45, 7) is 10.3. The third-order valence-electron chi connectivity index (χ3n) is 3.99. The Hall–Kier alpha value is -1.22. The van der Waals surface area contributed by atoms with Crippen LogP contribution < -0.4 is 9.64 Å². The van der Waals surface area contributed by atoms with Gasteiger partial charge in [-0.05, 0) is 45.2 Å². The topological polar surface area (TPSA) is 32.7 Å². The van der Waals surface area contributed by atoms with Crippen molar-refractivity contribution in [2.45, 2.75) is 45.6 Å². The van der Waals surface area contributed by atoms with E-state index in [1.807, 2.05) is 19.1 Å². The van der Waals surface area contributed by atoms with Crippen LogP contribution in [0.4, 0.5) is 5.69 Å². The van der Waals surface area contributed by atoms with Gasteiger partial charge in [0.15, 0.2) is 0 Å². The third-order valence-corrected chi connectivity index (χ3v) is 3.99. The fraction of sp³-hybridized carbons (Fsp3) is 0.625. The van der Waals surface area contributed by atoms with Crippen molar-refractivity contribution < 1.29 is 9.84 Å². The zero-order valence-electron chi connectivity index (χ0n) is 12.4. The Labute approximate surface area is 116 Å². The minimum absolute atomic E-state index is 0.0694. The smallest absolute Gasteiger partial charge is 0.124 e.